The maximum atomic E-state index is 12.2. The zero-order chi connectivity index (χ0) is 19.3. The van der Waals surface area contributed by atoms with E-state index in [2.05, 4.69) is 15.4 Å². The van der Waals surface area contributed by atoms with Crippen molar-refractivity contribution in [3.8, 4) is 0 Å². The van der Waals surface area contributed by atoms with Gasteiger partial charge in [-0.1, -0.05) is 29.8 Å². The van der Waals surface area contributed by atoms with Gasteiger partial charge in [0, 0.05) is 5.69 Å². The number of aryl methyl sites for hydroxylation is 3. The number of nitrogens with one attached hydrogen (secondary N) is 2. The van der Waals surface area contributed by atoms with Crippen LogP contribution in [0.2, 0.25) is 0 Å². The quantitative estimate of drug-likeness (QED) is 0.637. The van der Waals surface area contributed by atoms with Crippen LogP contribution in [0, 0.1) is 20.8 Å². The number of esters is 1. The summed E-state index contributed by atoms with van der Waals surface area (Å²) in [5.41, 5.74) is 4.23. The predicted molar refractivity (Wildman–Crippen MR) is 100 cm³/mol. The van der Waals surface area contributed by atoms with Gasteiger partial charge in [-0.05, 0) is 44.0 Å². The van der Waals surface area contributed by atoms with Crippen LogP contribution in [0.5, 0.6) is 0 Å². The number of carbonyl (C=O) groups excluding carboxylic acids is 3. The molecule has 0 radical (unpaired) electrons. The molecular weight excluding hydrogens is 332 g/mol. The third-order valence-corrected chi connectivity index (χ3v) is 3.87. The lowest BCUT2D eigenvalue weighted by Gasteiger charge is -2.13. The lowest BCUT2D eigenvalue weighted by molar-refractivity contribution is -0.123. The minimum absolute atomic E-state index is 0.231. The lowest BCUT2D eigenvalue weighted by atomic mass is 10.0. The molecule has 2 rings (SSSR count). The smallest absolute Gasteiger partial charge is 0.339 e. The van der Waals surface area contributed by atoms with E-state index in [1.807, 2.05) is 32.9 Å². The van der Waals surface area contributed by atoms with Crippen molar-refractivity contribution in [2.75, 3.05) is 17.7 Å². The Morgan fingerprint density at radius 1 is 0.923 bits per heavy atom. The maximum absolute atomic E-state index is 12.2. The van der Waals surface area contributed by atoms with E-state index < -0.39 is 17.8 Å². The minimum atomic E-state index is -0.559. The fourth-order valence-corrected chi connectivity index (χ4v) is 2.78. The summed E-state index contributed by atoms with van der Waals surface area (Å²) < 4.78 is 4.69. The fraction of sp³-hybridized carbons (Fsp3) is 0.250. The second-order valence-electron chi connectivity index (χ2n) is 6.08. The Labute approximate surface area is 152 Å². The van der Waals surface area contributed by atoms with E-state index in [-0.39, 0.29) is 12.0 Å². The summed E-state index contributed by atoms with van der Waals surface area (Å²) in [4.78, 5) is 36.1. The van der Waals surface area contributed by atoms with Gasteiger partial charge < -0.3 is 15.4 Å². The fourth-order valence-electron chi connectivity index (χ4n) is 2.78. The van der Waals surface area contributed by atoms with Crippen LogP contribution in [0.1, 0.15) is 33.5 Å². The normalized spacial score (nSPS) is 10.2. The number of para-hydroxylation sites is 1. The van der Waals surface area contributed by atoms with Crippen molar-refractivity contribution in [1.82, 2.24) is 0 Å². The van der Waals surface area contributed by atoms with Crippen LogP contribution in [0.15, 0.2) is 36.4 Å². The van der Waals surface area contributed by atoms with E-state index in [1.54, 1.807) is 24.3 Å². The Morgan fingerprint density at radius 2 is 1.50 bits per heavy atom. The molecule has 2 N–H and O–H groups in total. The zero-order valence-corrected chi connectivity index (χ0v) is 15.3. The molecule has 0 fully saturated rings. The Kier molecular flexibility index (Phi) is 6.11. The summed E-state index contributed by atoms with van der Waals surface area (Å²) in [6, 6.07) is 10.4. The molecule has 2 amide bonds. The number of ether oxygens (including phenoxy) is 1. The van der Waals surface area contributed by atoms with Crippen LogP contribution in [0.3, 0.4) is 0 Å². The highest BCUT2D eigenvalue weighted by atomic mass is 16.5. The van der Waals surface area contributed by atoms with Gasteiger partial charge in [0.1, 0.15) is 6.42 Å². The summed E-state index contributed by atoms with van der Waals surface area (Å²) in [5.74, 6) is -1.49. The van der Waals surface area contributed by atoms with Gasteiger partial charge in [0.15, 0.2) is 0 Å². The average Bonchev–Trinajstić information content (AvgIpc) is 2.57. The van der Waals surface area contributed by atoms with Crippen molar-refractivity contribution in [1.29, 1.82) is 0 Å². The lowest BCUT2D eigenvalue weighted by Crippen LogP contribution is -2.23. The molecule has 0 aliphatic carbocycles. The monoisotopic (exact) mass is 354 g/mol. The van der Waals surface area contributed by atoms with Gasteiger partial charge >= 0.3 is 5.97 Å². The first-order valence-corrected chi connectivity index (χ1v) is 8.16. The largest absolute Gasteiger partial charge is 0.465 e. The molecule has 136 valence electrons. The standard InChI is InChI=1S/C20H22N2O4/c1-12-9-13(2)19(14(3)10-12)22-18(24)11-17(23)21-16-8-6-5-7-15(16)20(25)26-4/h5-10H,11H2,1-4H3,(H,21,23)(H,22,24). The first kappa shape index (κ1) is 19.2. The molecule has 0 aliphatic rings. The summed E-state index contributed by atoms with van der Waals surface area (Å²) >= 11 is 0. The third kappa shape index (κ3) is 4.69. The topological polar surface area (TPSA) is 84.5 Å². The first-order chi connectivity index (χ1) is 12.3. The van der Waals surface area contributed by atoms with Crippen LogP contribution < -0.4 is 10.6 Å². The molecular formula is C20H22N2O4. The van der Waals surface area contributed by atoms with E-state index in [4.69, 9.17) is 0 Å². The molecule has 0 unspecified atom stereocenters. The third-order valence-electron chi connectivity index (χ3n) is 3.87. The van der Waals surface area contributed by atoms with E-state index in [1.165, 1.54) is 7.11 Å². The molecule has 26 heavy (non-hydrogen) atoms. The van der Waals surface area contributed by atoms with Gasteiger partial charge in [0.2, 0.25) is 11.8 Å². The molecule has 0 saturated heterocycles. The van der Waals surface area contributed by atoms with Crippen LogP contribution >= 0.6 is 0 Å². The van der Waals surface area contributed by atoms with Crippen molar-refractivity contribution < 1.29 is 19.1 Å². The van der Waals surface area contributed by atoms with Gasteiger partial charge in [-0.15, -0.1) is 0 Å². The van der Waals surface area contributed by atoms with Crippen LogP contribution in [-0.4, -0.2) is 24.9 Å². The van der Waals surface area contributed by atoms with E-state index >= 15 is 0 Å². The van der Waals surface area contributed by atoms with Crippen molar-refractivity contribution in [2.24, 2.45) is 0 Å². The summed E-state index contributed by atoms with van der Waals surface area (Å²) in [6.45, 7) is 5.79. The van der Waals surface area contributed by atoms with E-state index in [0.29, 0.717) is 11.4 Å². The second kappa shape index (κ2) is 8.29. The molecule has 6 heteroatoms. The molecule has 0 saturated carbocycles. The van der Waals surface area contributed by atoms with Crippen molar-refractivity contribution in [2.45, 2.75) is 27.2 Å². The number of amides is 2. The highest BCUT2D eigenvalue weighted by Crippen LogP contribution is 2.22. The predicted octanol–water partition coefficient (Wildman–Crippen LogP) is 3.37. The zero-order valence-electron chi connectivity index (χ0n) is 15.3. The Bertz CT molecular complexity index is 836. The number of benzene rings is 2. The highest BCUT2D eigenvalue weighted by molar-refractivity contribution is 6.10. The minimum Gasteiger partial charge on any atom is -0.465 e. The second-order valence-corrected chi connectivity index (χ2v) is 6.08. The average molecular weight is 354 g/mol. The number of hydrogen-bond acceptors (Lipinski definition) is 4. The number of methoxy groups -OCH3 is 1. The summed E-state index contributed by atoms with van der Waals surface area (Å²) in [6.07, 6.45) is -0.359. The molecule has 2 aromatic carbocycles. The van der Waals surface area contributed by atoms with E-state index in [0.717, 1.165) is 16.7 Å². The Hall–Kier alpha value is -3.15. The number of hydrogen-bond donors (Lipinski definition) is 2. The Morgan fingerprint density at radius 3 is 2.12 bits per heavy atom. The van der Waals surface area contributed by atoms with Gasteiger partial charge in [0.05, 0.1) is 18.4 Å². The van der Waals surface area contributed by atoms with Crippen LogP contribution in [0.4, 0.5) is 11.4 Å². The molecule has 0 heterocycles. The molecule has 0 aromatic heterocycles. The van der Waals surface area contributed by atoms with Crippen molar-refractivity contribution >= 4 is 29.2 Å². The molecule has 0 atom stereocenters. The molecule has 0 spiro atoms. The van der Waals surface area contributed by atoms with E-state index in [9.17, 15) is 14.4 Å². The first-order valence-electron chi connectivity index (χ1n) is 8.16. The molecule has 0 aliphatic heterocycles. The van der Waals surface area contributed by atoms with Gasteiger partial charge in [-0.2, -0.15) is 0 Å². The van der Waals surface area contributed by atoms with Gasteiger partial charge in [0.25, 0.3) is 0 Å². The molecule has 2 aromatic rings. The van der Waals surface area contributed by atoms with Gasteiger partial charge in [-0.3, -0.25) is 9.59 Å². The maximum Gasteiger partial charge on any atom is 0.339 e. The Balaban J connectivity index is 2.05. The highest BCUT2D eigenvalue weighted by Gasteiger charge is 2.16. The number of anilines is 2. The SMILES string of the molecule is COC(=O)c1ccccc1NC(=O)CC(=O)Nc1c(C)cc(C)cc1C. The molecule has 0 bridgehead atoms. The van der Waals surface area contributed by atoms with Crippen LogP contribution in [0.25, 0.3) is 0 Å². The van der Waals surface area contributed by atoms with Crippen molar-refractivity contribution in [3.63, 3.8) is 0 Å². The molecule has 6 nitrogen and oxygen atoms in total. The van der Waals surface area contributed by atoms with Crippen molar-refractivity contribution in [3.05, 3.63) is 58.7 Å². The summed E-state index contributed by atoms with van der Waals surface area (Å²) in [7, 11) is 1.26. The number of carbonyl (C=O) groups is 3. The number of rotatable bonds is 5. The van der Waals surface area contributed by atoms with Crippen LogP contribution in [-0.2, 0) is 14.3 Å². The van der Waals surface area contributed by atoms with Gasteiger partial charge in [-0.25, -0.2) is 4.79 Å². The summed E-state index contributed by atoms with van der Waals surface area (Å²) in [5, 5.41) is 5.36.